The highest BCUT2D eigenvalue weighted by molar-refractivity contribution is 7.03. The van der Waals surface area contributed by atoms with Crippen LogP contribution in [0.3, 0.4) is 0 Å². The summed E-state index contributed by atoms with van der Waals surface area (Å²) in [4.78, 5) is 23.1. The van der Waals surface area contributed by atoms with Gasteiger partial charge >= 0.3 is 0 Å². The highest BCUT2D eigenvalue weighted by Crippen LogP contribution is 2.28. The van der Waals surface area contributed by atoms with Gasteiger partial charge in [-0.25, -0.2) is 0 Å². The SMILES string of the molecule is O=C1NC(=O)c2c1cccc2-c1ccsn1. The number of aromatic nitrogens is 1. The predicted molar refractivity (Wildman–Crippen MR) is 59.3 cm³/mol. The number of benzene rings is 1. The van der Waals surface area contributed by atoms with Crippen LogP contribution >= 0.6 is 11.5 Å². The minimum Gasteiger partial charge on any atom is -0.288 e. The second kappa shape index (κ2) is 3.24. The molecular formula is C11H6N2O2S. The van der Waals surface area contributed by atoms with Gasteiger partial charge in [-0.1, -0.05) is 12.1 Å². The summed E-state index contributed by atoms with van der Waals surface area (Å²) in [5.41, 5.74) is 2.29. The maximum absolute atomic E-state index is 11.6. The third-order valence-corrected chi connectivity index (χ3v) is 3.04. The number of rotatable bonds is 1. The fraction of sp³-hybridized carbons (Fsp3) is 0. The third-order valence-electron chi connectivity index (χ3n) is 2.48. The topological polar surface area (TPSA) is 59.1 Å². The molecule has 0 atom stereocenters. The van der Waals surface area contributed by atoms with E-state index in [1.54, 1.807) is 18.2 Å². The van der Waals surface area contributed by atoms with Crippen molar-refractivity contribution in [3.8, 4) is 11.3 Å². The van der Waals surface area contributed by atoms with E-state index in [0.717, 1.165) is 5.69 Å². The summed E-state index contributed by atoms with van der Waals surface area (Å²) < 4.78 is 4.17. The first-order valence-electron chi connectivity index (χ1n) is 4.67. The highest BCUT2D eigenvalue weighted by atomic mass is 32.1. The van der Waals surface area contributed by atoms with Crippen LogP contribution < -0.4 is 5.32 Å². The lowest BCUT2D eigenvalue weighted by Gasteiger charge is -2.01. The molecule has 3 rings (SSSR count). The highest BCUT2D eigenvalue weighted by Gasteiger charge is 2.29. The monoisotopic (exact) mass is 230 g/mol. The van der Waals surface area contributed by atoms with Crippen molar-refractivity contribution in [2.75, 3.05) is 0 Å². The van der Waals surface area contributed by atoms with E-state index < -0.39 is 0 Å². The zero-order chi connectivity index (χ0) is 11.1. The number of nitrogens with zero attached hydrogens (tertiary/aromatic N) is 1. The van der Waals surface area contributed by atoms with Gasteiger partial charge in [-0.3, -0.25) is 14.9 Å². The summed E-state index contributed by atoms with van der Waals surface area (Å²) in [5.74, 6) is -0.680. The van der Waals surface area contributed by atoms with Crippen molar-refractivity contribution in [3.63, 3.8) is 0 Å². The summed E-state index contributed by atoms with van der Waals surface area (Å²) >= 11 is 1.32. The van der Waals surface area contributed by atoms with Gasteiger partial charge in [-0.15, -0.1) is 0 Å². The molecule has 1 aliphatic heterocycles. The molecule has 4 nitrogen and oxygen atoms in total. The maximum Gasteiger partial charge on any atom is 0.259 e. The molecule has 0 saturated carbocycles. The summed E-state index contributed by atoms with van der Waals surface area (Å²) in [5, 5.41) is 4.12. The number of hydrogen-bond acceptors (Lipinski definition) is 4. The molecule has 0 radical (unpaired) electrons. The Morgan fingerprint density at radius 3 is 2.62 bits per heavy atom. The number of carbonyl (C=O) groups excluding carboxylic acids is 2. The van der Waals surface area contributed by atoms with E-state index in [1.165, 1.54) is 11.5 Å². The molecule has 0 saturated heterocycles. The van der Waals surface area contributed by atoms with Crippen LogP contribution in [0.5, 0.6) is 0 Å². The minimum absolute atomic E-state index is 0.336. The van der Waals surface area contributed by atoms with Crippen molar-refractivity contribution in [1.82, 2.24) is 9.69 Å². The number of hydrogen-bond donors (Lipinski definition) is 1. The first-order valence-corrected chi connectivity index (χ1v) is 5.50. The molecule has 1 N–H and O–H groups in total. The molecule has 16 heavy (non-hydrogen) atoms. The molecule has 0 unspecified atom stereocenters. The lowest BCUT2D eigenvalue weighted by Crippen LogP contribution is -2.20. The smallest absolute Gasteiger partial charge is 0.259 e. The van der Waals surface area contributed by atoms with E-state index in [2.05, 4.69) is 9.69 Å². The van der Waals surface area contributed by atoms with Crippen molar-refractivity contribution < 1.29 is 9.59 Å². The Kier molecular flexibility index (Phi) is 1.87. The molecule has 2 aromatic rings. The first-order chi connectivity index (χ1) is 7.77. The van der Waals surface area contributed by atoms with Crippen LogP contribution in [-0.2, 0) is 0 Å². The molecule has 1 aromatic heterocycles. The van der Waals surface area contributed by atoms with Gasteiger partial charge in [0.15, 0.2) is 0 Å². The van der Waals surface area contributed by atoms with Crippen molar-refractivity contribution in [1.29, 1.82) is 0 Å². The average Bonchev–Trinajstić information content (AvgIpc) is 2.88. The molecule has 1 aliphatic rings. The quantitative estimate of drug-likeness (QED) is 0.758. The van der Waals surface area contributed by atoms with Crippen LogP contribution in [0.4, 0.5) is 0 Å². The second-order valence-electron chi connectivity index (χ2n) is 3.40. The van der Waals surface area contributed by atoms with Crippen LogP contribution in [0.2, 0.25) is 0 Å². The Balaban J connectivity index is 2.30. The van der Waals surface area contributed by atoms with Gasteiger partial charge in [-0.2, -0.15) is 4.37 Å². The van der Waals surface area contributed by atoms with Crippen molar-refractivity contribution in [3.05, 3.63) is 40.8 Å². The van der Waals surface area contributed by atoms with Gasteiger partial charge in [-0.05, 0) is 23.7 Å². The lowest BCUT2D eigenvalue weighted by molar-refractivity contribution is 0.0880. The molecule has 0 bridgehead atoms. The van der Waals surface area contributed by atoms with Crippen LogP contribution in [-0.4, -0.2) is 16.2 Å². The van der Waals surface area contributed by atoms with Gasteiger partial charge in [0.1, 0.15) is 0 Å². The van der Waals surface area contributed by atoms with Gasteiger partial charge in [0, 0.05) is 10.9 Å². The van der Waals surface area contributed by atoms with E-state index in [-0.39, 0.29) is 11.8 Å². The minimum atomic E-state index is -0.344. The van der Waals surface area contributed by atoms with Gasteiger partial charge in [0.05, 0.1) is 16.8 Å². The number of carbonyl (C=O) groups is 2. The van der Waals surface area contributed by atoms with Gasteiger partial charge in [0.25, 0.3) is 11.8 Å². The zero-order valence-corrected chi connectivity index (χ0v) is 8.88. The normalized spacial score (nSPS) is 13.8. The molecule has 0 fully saturated rings. The van der Waals surface area contributed by atoms with Crippen LogP contribution in [0.15, 0.2) is 29.6 Å². The van der Waals surface area contributed by atoms with E-state index in [1.807, 2.05) is 11.4 Å². The van der Waals surface area contributed by atoms with Crippen LogP contribution in [0.25, 0.3) is 11.3 Å². The van der Waals surface area contributed by atoms with Crippen molar-refractivity contribution in [2.45, 2.75) is 0 Å². The summed E-state index contributed by atoms with van der Waals surface area (Å²) in [7, 11) is 0. The molecule has 78 valence electrons. The Labute approximate surface area is 95.1 Å². The summed E-state index contributed by atoms with van der Waals surface area (Å²) in [6, 6.07) is 7.03. The Bertz CT molecular complexity index is 590. The van der Waals surface area contributed by atoms with Crippen LogP contribution in [0, 0.1) is 0 Å². The molecule has 0 spiro atoms. The van der Waals surface area contributed by atoms with Gasteiger partial charge < -0.3 is 0 Å². The van der Waals surface area contributed by atoms with Gasteiger partial charge in [0.2, 0.25) is 0 Å². The fourth-order valence-corrected chi connectivity index (χ4v) is 2.31. The lowest BCUT2D eigenvalue weighted by atomic mass is 10.0. The molecule has 0 aliphatic carbocycles. The molecule has 1 aromatic carbocycles. The van der Waals surface area contributed by atoms with E-state index in [0.29, 0.717) is 16.7 Å². The third kappa shape index (κ3) is 1.18. The number of fused-ring (bicyclic) bond motifs is 1. The van der Waals surface area contributed by atoms with Crippen LogP contribution in [0.1, 0.15) is 20.7 Å². The standard InChI is InChI=1S/C11H6N2O2S/c14-10-7-3-1-2-6(8-4-5-16-13-8)9(7)11(15)12-10/h1-5H,(H,12,14,15). The fourth-order valence-electron chi connectivity index (χ4n) is 1.78. The predicted octanol–water partition coefficient (Wildman–Crippen LogP) is 1.69. The summed E-state index contributed by atoms with van der Waals surface area (Å²) in [6.45, 7) is 0. The molecule has 2 amide bonds. The number of nitrogens with one attached hydrogen (secondary N) is 1. The average molecular weight is 230 g/mol. The number of amides is 2. The van der Waals surface area contributed by atoms with E-state index >= 15 is 0 Å². The second-order valence-corrected chi connectivity index (χ2v) is 4.06. The maximum atomic E-state index is 11.6. The molecule has 2 heterocycles. The Hall–Kier alpha value is -2.01. The first kappa shape index (κ1) is 9.23. The molecule has 5 heteroatoms. The zero-order valence-electron chi connectivity index (χ0n) is 8.06. The van der Waals surface area contributed by atoms with Crippen molar-refractivity contribution in [2.24, 2.45) is 0 Å². The van der Waals surface area contributed by atoms with E-state index in [9.17, 15) is 9.59 Å². The largest absolute Gasteiger partial charge is 0.288 e. The van der Waals surface area contributed by atoms with E-state index in [4.69, 9.17) is 0 Å². The molecular weight excluding hydrogens is 224 g/mol. The number of imide groups is 1. The van der Waals surface area contributed by atoms with Crippen molar-refractivity contribution >= 4 is 23.3 Å². The Morgan fingerprint density at radius 2 is 1.88 bits per heavy atom. The summed E-state index contributed by atoms with van der Waals surface area (Å²) in [6.07, 6.45) is 0. The Morgan fingerprint density at radius 1 is 1.06 bits per heavy atom.